The molecule has 0 spiro atoms. The van der Waals surface area contributed by atoms with Gasteiger partial charge in [-0.1, -0.05) is 13.3 Å². The first kappa shape index (κ1) is 8.40. The topological polar surface area (TPSA) is 20.3 Å². The Bertz CT molecular complexity index is 95.1. The molecule has 0 saturated carbocycles. The zero-order valence-corrected chi connectivity index (χ0v) is 5.85. The molecule has 0 aromatic heterocycles. The van der Waals surface area contributed by atoms with Gasteiger partial charge < -0.3 is 4.90 Å². The van der Waals surface area contributed by atoms with Gasteiger partial charge in [-0.2, -0.15) is 0 Å². The molecular weight excluding hydrogens is 121 g/mol. The van der Waals surface area contributed by atoms with E-state index in [9.17, 15) is 9.18 Å². The average Bonchev–Trinajstić information content (AvgIpc) is 1.82. The highest BCUT2D eigenvalue weighted by Gasteiger charge is 2.02. The predicted molar refractivity (Wildman–Crippen MR) is 34.0 cm³/mol. The number of amides is 1. The van der Waals surface area contributed by atoms with Crippen LogP contribution in [0.2, 0.25) is 0 Å². The van der Waals surface area contributed by atoms with Crippen LogP contribution < -0.4 is 0 Å². The number of nitrogens with zero attached hydrogens (tertiary/aromatic N) is 1. The van der Waals surface area contributed by atoms with Crippen molar-refractivity contribution in [3.05, 3.63) is 0 Å². The Morgan fingerprint density at radius 3 is 2.56 bits per heavy atom. The molecular formula is C6H12FNO. The van der Waals surface area contributed by atoms with Gasteiger partial charge in [0, 0.05) is 13.6 Å². The van der Waals surface area contributed by atoms with Gasteiger partial charge in [-0.15, -0.1) is 4.39 Å². The number of carbonyl (C=O) groups is 1. The summed E-state index contributed by atoms with van der Waals surface area (Å²) in [5, 5.41) is 0. The summed E-state index contributed by atoms with van der Waals surface area (Å²) in [6, 6.07) is 0. The van der Waals surface area contributed by atoms with Gasteiger partial charge in [0.05, 0.1) is 0 Å². The zero-order chi connectivity index (χ0) is 7.28. The summed E-state index contributed by atoms with van der Waals surface area (Å²) in [4.78, 5) is 11.0. The molecule has 9 heavy (non-hydrogen) atoms. The van der Waals surface area contributed by atoms with E-state index in [2.05, 4.69) is 0 Å². The summed E-state index contributed by atoms with van der Waals surface area (Å²) in [6.45, 7) is 2.52. The molecule has 0 rings (SSSR count). The zero-order valence-electron chi connectivity index (χ0n) is 5.85. The van der Waals surface area contributed by atoms with Gasteiger partial charge in [-0.25, -0.2) is 4.79 Å². The van der Waals surface area contributed by atoms with Crippen LogP contribution in [0.3, 0.4) is 0 Å². The number of unbranched alkanes of at least 4 members (excludes halogenated alkanes) is 1. The van der Waals surface area contributed by atoms with Crippen molar-refractivity contribution < 1.29 is 9.18 Å². The van der Waals surface area contributed by atoms with Crippen LogP contribution in [0.1, 0.15) is 19.8 Å². The second-order valence-corrected chi connectivity index (χ2v) is 2.03. The first-order valence-electron chi connectivity index (χ1n) is 3.09. The highest BCUT2D eigenvalue weighted by Crippen LogP contribution is 1.93. The highest BCUT2D eigenvalue weighted by molar-refractivity contribution is 5.65. The summed E-state index contributed by atoms with van der Waals surface area (Å²) in [7, 11) is 1.46. The van der Waals surface area contributed by atoms with Crippen molar-refractivity contribution >= 4 is 6.16 Å². The Morgan fingerprint density at radius 1 is 1.67 bits per heavy atom. The summed E-state index contributed by atoms with van der Waals surface area (Å²) in [5.41, 5.74) is 0. The molecule has 0 radical (unpaired) electrons. The van der Waals surface area contributed by atoms with E-state index in [0.717, 1.165) is 17.7 Å². The van der Waals surface area contributed by atoms with Gasteiger partial charge in [0.2, 0.25) is 0 Å². The molecule has 0 aromatic carbocycles. The second-order valence-electron chi connectivity index (χ2n) is 2.03. The van der Waals surface area contributed by atoms with Crippen molar-refractivity contribution in [2.75, 3.05) is 13.6 Å². The lowest BCUT2D eigenvalue weighted by molar-refractivity contribution is 0.185. The second kappa shape index (κ2) is 4.30. The van der Waals surface area contributed by atoms with E-state index in [1.807, 2.05) is 6.92 Å². The van der Waals surface area contributed by atoms with Gasteiger partial charge in [0.15, 0.2) is 0 Å². The Kier molecular flexibility index (Phi) is 4.01. The summed E-state index contributed by atoms with van der Waals surface area (Å²) >= 11 is 0. The number of carbonyl (C=O) groups excluding carboxylic acids is 1. The van der Waals surface area contributed by atoms with Gasteiger partial charge in [0.25, 0.3) is 0 Å². The lowest BCUT2D eigenvalue weighted by Gasteiger charge is -2.09. The Hall–Kier alpha value is -0.600. The van der Waals surface area contributed by atoms with E-state index in [0.29, 0.717) is 6.54 Å². The molecule has 0 unspecified atom stereocenters. The molecule has 0 atom stereocenters. The predicted octanol–water partition coefficient (Wildman–Crippen LogP) is 1.81. The van der Waals surface area contributed by atoms with Gasteiger partial charge in [-0.3, -0.25) is 0 Å². The summed E-state index contributed by atoms with van der Waals surface area (Å²) in [6.07, 6.45) is 0.507. The third-order valence-corrected chi connectivity index (χ3v) is 1.15. The van der Waals surface area contributed by atoms with Crippen LogP contribution in [0.4, 0.5) is 9.18 Å². The SMILES string of the molecule is CCCCN(C)C(=O)F. The normalized spacial score (nSPS) is 9.22. The molecule has 0 heterocycles. The minimum absolute atomic E-state index is 0.520. The van der Waals surface area contributed by atoms with Crippen molar-refractivity contribution in [2.45, 2.75) is 19.8 Å². The van der Waals surface area contributed by atoms with Crippen LogP contribution >= 0.6 is 0 Å². The fraction of sp³-hybridized carbons (Fsp3) is 0.833. The maximum atomic E-state index is 11.7. The van der Waals surface area contributed by atoms with Gasteiger partial charge in [0.1, 0.15) is 0 Å². The molecule has 54 valence electrons. The number of hydrogen-bond donors (Lipinski definition) is 0. The molecule has 0 N–H and O–H groups in total. The van der Waals surface area contributed by atoms with Crippen LogP contribution in [0.15, 0.2) is 0 Å². The van der Waals surface area contributed by atoms with Crippen molar-refractivity contribution in [3.63, 3.8) is 0 Å². The molecule has 0 aliphatic rings. The quantitative estimate of drug-likeness (QED) is 0.424. The van der Waals surface area contributed by atoms with Crippen molar-refractivity contribution in [2.24, 2.45) is 0 Å². The van der Waals surface area contributed by atoms with E-state index < -0.39 is 6.16 Å². The maximum Gasteiger partial charge on any atom is 0.399 e. The molecule has 0 aromatic rings. The average molecular weight is 133 g/mol. The van der Waals surface area contributed by atoms with Crippen LogP contribution in [0.25, 0.3) is 0 Å². The minimum Gasteiger partial charge on any atom is -0.318 e. The molecule has 3 heteroatoms. The number of rotatable bonds is 3. The Morgan fingerprint density at radius 2 is 2.22 bits per heavy atom. The standard InChI is InChI=1S/C6H12FNO/c1-3-4-5-8(2)6(7)9/h3-5H2,1-2H3. The van der Waals surface area contributed by atoms with Crippen LogP contribution in [0.5, 0.6) is 0 Å². The molecule has 1 amide bonds. The third kappa shape index (κ3) is 3.94. The minimum atomic E-state index is -1.34. The van der Waals surface area contributed by atoms with Crippen molar-refractivity contribution in [3.8, 4) is 0 Å². The molecule has 0 fully saturated rings. The molecule has 0 aliphatic heterocycles. The lowest BCUT2D eigenvalue weighted by atomic mass is 10.3. The molecule has 0 saturated heterocycles. The fourth-order valence-electron chi connectivity index (χ4n) is 0.483. The smallest absolute Gasteiger partial charge is 0.318 e. The van der Waals surface area contributed by atoms with Crippen LogP contribution in [-0.4, -0.2) is 24.7 Å². The van der Waals surface area contributed by atoms with Crippen molar-refractivity contribution in [1.29, 1.82) is 0 Å². The monoisotopic (exact) mass is 133 g/mol. The highest BCUT2D eigenvalue weighted by atomic mass is 19.1. The fourth-order valence-corrected chi connectivity index (χ4v) is 0.483. The van der Waals surface area contributed by atoms with E-state index in [1.165, 1.54) is 7.05 Å². The first-order chi connectivity index (χ1) is 4.18. The summed E-state index contributed by atoms with van der Waals surface area (Å²) < 4.78 is 11.7. The number of hydrogen-bond acceptors (Lipinski definition) is 1. The van der Waals surface area contributed by atoms with E-state index in [-0.39, 0.29) is 0 Å². The Balaban J connectivity index is 3.27. The maximum absolute atomic E-state index is 11.7. The van der Waals surface area contributed by atoms with Gasteiger partial charge >= 0.3 is 6.16 Å². The van der Waals surface area contributed by atoms with Crippen LogP contribution in [-0.2, 0) is 0 Å². The summed E-state index contributed by atoms with van der Waals surface area (Å²) in [5.74, 6) is 0. The Labute approximate surface area is 54.7 Å². The largest absolute Gasteiger partial charge is 0.399 e. The molecule has 0 aliphatic carbocycles. The molecule has 0 bridgehead atoms. The number of halogens is 1. The van der Waals surface area contributed by atoms with Crippen LogP contribution in [0, 0.1) is 0 Å². The van der Waals surface area contributed by atoms with E-state index in [1.54, 1.807) is 0 Å². The van der Waals surface area contributed by atoms with E-state index >= 15 is 0 Å². The van der Waals surface area contributed by atoms with Crippen molar-refractivity contribution in [1.82, 2.24) is 4.90 Å². The molecule has 2 nitrogen and oxygen atoms in total. The van der Waals surface area contributed by atoms with Gasteiger partial charge in [-0.05, 0) is 6.42 Å². The first-order valence-corrected chi connectivity index (χ1v) is 3.09. The third-order valence-electron chi connectivity index (χ3n) is 1.15. The van der Waals surface area contributed by atoms with E-state index in [4.69, 9.17) is 0 Å². The lowest BCUT2D eigenvalue weighted by Crippen LogP contribution is -2.22.